The van der Waals surface area contributed by atoms with Crippen LogP contribution in [0.15, 0.2) is 61.2 Å². The number of nitrogens with one attached hydrogen (secondary N) is 1. The van der Waals surface area contributed by atoms with Gasteiger partial charge in [0.15, 0.2) is 0 Å². The van der Waals surface area contributed by atoms with E-state index in [4.69, 9.17) is 0 Å². The van der Waals surface area contributed by atoms with Crippen molar-refractivity contribution >= 4 is 5.91 Å². The Bertz CT molecular complexity index is 635. The first-order valence-corrected chi connectivity index (χ1v) is 8.48. The SMILES string of the molecule is C=CCNC(=O)CCCCC(c1ccc(F)cc1)c1ccc(F)cc1. The van der Waals surface area contributed by atoms with Crippen LogP contribution in [0.2, 0.25) is 0 Å². The lowest BCUT2D eigenvalue weighted by atomic mass is 9.87. The number of amides is 1. The highest BCUT2D eigenvalue weighted by Gasteiger charge is 2.14. The average Bonchev–Trinajstić information content (AvgIpc) is 2.62. The van der Waals surface area contributed by atoms with Gasteiger partial charge >= 0.3 is 0 Å². The molecule has 2 aromatic rings. The summed E-state index contributed by atoms with van der Waals surface area (Å²) in [4.78, 5) is 11.6. The quantitative estimate of drug-likeness (QED) is 0.506. The summed E-state index contributed by atoms with van der Waals surface area (Å²) < 4.78 is 26.4. The van der Waals surface area contributed by atoms with E-state index in [1.807, 2.05) is 0 Å². The van der Waals surface area contributed by atoms with Gasteiger partial charge in [0, 0.05) is 18.9 Å². The third-order valence-corrected chi connectivity index (χ3v) is 4.13. The van der Waals surface area contributed by atoms with Crippen LogP contribution in [0.25, 0.3) is 0 Å². The molecule has 0 fully saturated rings. The number of carbonyl (C=O) groups excluding carboxylic acids is 1. The smallest absolute Gasteiger partial charge is 0.220 e. The number of hydrogen-bond acceptors (Lipinski definition) is 1. The summed E-state index contributed by atoms with van der Waals surface area (Å²) in [6, 6.07) is 12.8. The number of halogens is 2. The molecular weight excluding hydrogens is 320 g/mol. The summed E-state index contributed by atoms with van der Waals surface area (Å²) in [6.45, 7) is 4.04. The normalized spacial score (nSPS) is 10.7. The molecule has 1 amide bonds. The number of hydrogen-bond donors (Lipinski definition) is 1. The molecule has 4 heteroatoms. The predicted molar refractivity (Wildman–Crippen MR) is 96.3 cm³/mol. The third kappa shape index (κ3) is 6.14. The molecule has 1 N–H and O–H groups in total. The standard InChI is InChI=1S/C21H23F2NO/c1-2-15-24-21(25)6-4-3-5-20(16-7-11-18(22)12-8-16)17-9-13-19(23)14-10-17/h2,7-14,20H,1,3-6,15H2,(H,24,25). The Balaban J connectivity index is 2.00. The summed E-state index contributed by atoms with van der Waals surface area (Å²) in [5.74, 6) is -0.488. The molecule has 0 bridgehead atoms. The highest BCUT2D eigenvalue weighted by atomic mass is 19.1. The van der Waals surface area contributed by atoms with E-state index in [0.29, 0.717) is 13.0 Å². The molecule has 0 spiro atoms. The van der Waals surface area contributed by atoms with Crippen molar-refractivity contribution in [2.24, 2.45) is 0 Å². The van der Waals surface area contributed by atoms with Crippen LogP contribution >= 0.6 is 0 Å². The molecule has 2 rings (SSSR count). The molecule has 0 radical (unpaired) electrons. The molecule has 0 aliphatic carbocycles. The highest BCUT2D eigenvalue weighted by molar-refractivity contribution is 5.75. The van der Waals surface area contributed by atoms with Crippen LogP contribution in [0.4, 0.5) is 8.78 Å². The molecule has 0 aromatic heterocycles. The second kappa shape index (κ2) is 9.72. The fourth-order valence-electron chi connectivity index (χ4n) is 2.82. The van der Waals surface area contributed by atoms with Crippen molar-refractivity contribution in [3.8, 4) is 0 Å². The molecule has 2 aromatic carbocycles. The summed E-state index contributed by atoms with van der Waals surface area (Å²) in [7, 11) is 0. The second-order valence-electron chi connectivity index (χ2n) is 5.99. The van der Waals surface area contributed by atoms with Gasteiger partial charge in [-0.3, -0.25) is 4.79 Å². The molecular formula is C21H23F2NO. The molecule has 25 heavy (non-hydrogen) atoms. The Labute approximate surface area is 147 Å². The number of unbranched alkanes of at least 4 members (excludes halogenated alkanes) is 1. The lowest BCUT2D eigenvalue weighted by molar-refractivity contribution is -0.121. The third-order valence-electron chi connectivity index (χ3n) is 4.13. The Morgan fingerprint density at radius 3 is 1.96 bits per heavy atom. The van der Waals surface area contributed by atoms with Crippen LogP contribution in [0.3, 0.4) is 0 Å². The van der Waals surface area contributed by atoms with Gasteiger partial charge in [-0.05, 0) is 48.2 Å². The molecule has 0 saturated carbocycles. The van der Waals surface area contributed by atoms with Crippen LogP contribution in [0.1, 0.15) is 42.7 Å². The van der Waals surface area contributed by atoms with E-state index < -0.39 is 0 Å². The van der Waals surface area contributed by atoms with Crippen LogP contribution in [0.5, 0.6) is 0 Å². The van der Waals surface area contributed by atoms with Crippen LogP contribution in [0, 0.1) is 11.6 Å². The van der Waals surface area contributed by atoms with E-state index in [1.165, 1.54) is 24.3 Å². The van der Waals surface area contributed by atoms with Gasteiger partial charge in [0.2, 0.25) is 5.91 Å². The van der Waals surface area contributed by atoms with Gasteiger partial charge in [-0.2, -0.15) is 0 Å². The Morgan fingerprint density at radius 1 is 0.960 bits per heavy atom. The molecule has 0 saturated heterocycles. The van der Waals surface area contributed by atoms with Gasteiger partial charge in [0.05, 0.1) is 0 Å². The fraction of sp³-hybridized carbons (Fsp3) is 0.286. The van der Waals surface area contributed by atoms with Gasteiger partial charge < -0.3 is 5.32 Å². The number of benzene rings is 2. The van der Waals surface area contributed by atoms with Gasteiger partial charge in [-0.25, -0.2) is 8.78 Å². The second-order valence-corrected chi connectivity index (χ2v) is 5.99. The van der Waals surface area contributed by atoms with E-state index in [0.717, 1.165) is 30.4 Å². The van der Waals surface area contributed by atoms with Crippen molar-refractivity contribution in [1.29, 1.82) is 0 Å². The first-order valence-electron chi connectivity index (χ1n) is 8.48. The van der Waals surface area contributed by atoms with Crippen LogP contribution in [-0.2, 0) is 4.79 Å². The predicted octanol–water partition coefficient (Wildman–Crippen LogP) is 4.96. The molecule has 0 aliphatic heterocycles. The van der Waals surface area contributed by atoms with Crippen molar-refractivity contribution in [2.75, 3.05) is 6.54 Å². The van der Waals surface area contributed by atoms with E-state index >= 15 is 0 Å². The van der Waals surface area contributed by atoms with E-state index in [2.05, 4.69) is 11.9 Å². The van der Waals surface area contributed by atoms with Crippen molar-refractivity contribution in [2.45, 2.75) is 31.6 Å². The maximum Gasteiger partial charge on any atom is 0.220 e. The topological polar surface area (TPSA) is 29.1 Å². The van der Waals surface area contributed by atoms with Gasteiger partial charge in [-0.15, -0.1) is 6.58 Å². The molecule has 2 nitrogen and oxygen atoms in total. The van der Waals surface area contributed by atoms with Crippen molar-refractivity contribution in [3.63, 3.8) is 0 Å². The monoisotopic (exact) mass is 343 g/mol. The lowest BCUT2D eigenvalue weighted by Crippen LogP contribution is -2.22. The average molecular weight is 343 g/mol. The highest BCUT2D eigenvalue weighted by Crippen LogP contribution is 2.30. The maximum atomic E-state index is 13.2. The zero-order valence-corrected chi connectivity index (χ0v) is 14.2. The fourth-order valence-corrected chi connectivity index (χ4v) is 2.82. The Morgan fingerprint density at radius 2 is 1.48 bits per heavy atom. The summed E-state index contributed by atoms with van der Waals surface area (Å²) in [5, 5.41) is 2.76. The lowest BCUT2D eigenvalue weighted by Gasteiger charge is -2.18. The first-order chi connectivity index (χ1) is 12.1. The molecule has 0 heterocycles. The maximum absolute atomic E-state index is 13.2. The van der Waals surface area contributed by atoms with Crippen LogP contribution < -0.4 is 5.32 Å². The summed E-state index contributed by atoms with van der Waals surface area (Å²) >= 11 is 0. The zero-order chi connectivity index (χ0) is 18.1. The van der Waals surface area contributed by atoms with Gasteiger partial charge in [-0.1, -0.05) is 36.8 Å². The van der Waals surface area contributed by atoms with Crippen molar-refractivity contribution < 1.29 is 13.6 Å². The summed E-state index contributed by atoms with van der Waals surface area (Å²) in [5.41, 5.74) is 1.98. The van der Waals surface area contributed by atoms with E-state index in [1.54, 1.807) is 30.3 Å². The van der Waals surface area contributed by atoms with E-state index in [9.17, 15) is 13.6 Å². The number of rotatable bonds is 9. The van der Waals surface area contributed by atoms with Gasteiger partial charge in [0.1, 0.15) is 11.6 Å². The van der Waals surface area contributed by atoms with Crippen molar-refractivity contribution in [1.82, 2.24) is 5.32 Å². The molecule has 132 valence electrons. The molecule has 0 unspecified atom stereocenters. The van der Waals surface area contributed by atoms with Crippen molar-refractivity contribution in [3.05, 3.63) is 83.9 Å². The first kappa shape index (κ1) is 18.8. The van der Waals surface area contributed by atoms with Crippen LogP contribution in [-0.4, -0.2) is 12.5 Å². The summed E-state index contributed by atoms with van der Waals surface area (Å²) in [6.07, 6.45) is 4.54. The minimum absolute atomic E-state index is 0.0139. The Hall–Kier alpha value is -2.49. The minimum Gasteiger partial charge on any atom is -0.353 e. The van der Waals surface area contributed by atoms with E-state index in [-0.39, 0.29) is 23.5 Å². The zero-order valence-electron chi connectivity index (χ0n) is 14.2. The largest absolute Gasteiger partial charge is 0.353 e. The minimum atomic E-state index is -0.277. The van der Waals surface area contributed by atoms with Gasteiger partial charge in [0.25, 0.3) is 0 Å². The molecule has 0 atom stereocenters. The molecule has 0 aliphatic rings. The number of carbonyl (C=O) groups is 1. The Kier molecular flexibility index (Phi) is 7.33.